The van der Waals surface area contributed by atoms with Gasteiger partial charge in [-0.1, -0.05) is 0 Å². The van der Waals surface area contributed by atoms with Crippen molar-refractivity contribution in [2.24, 2.45) is 0 Å². The van der Waals surface area contributed by atoms with E-state index in [1.54, 1.807) is 17.7 Å². The summed E-state index contributed by atoms with van der Waals surface area (Å²) < 4.78 is 16.3. The van der Waals surface area contributed by atoms with Gasteiger partial charge in [-0.05, 0) is 53.3 Å². The maximum absolute atomic E-state index is 12.9. The van der Waals surface area contributed by atoms with Crippen molar-refractivity contribution in [3.05, 3.63) is 52.1 Å². The zero-order valence-electron chi connectivity index (χ0n) is 19.3. The van der Waals surface area contributed by atoms with Crippen molar-refractivity contribution in [2.45, 2.75) is 25.5 Å². The van der Waals surface area contributed by atoms with Crippen LogP contribution in [0.5, 0.6) is 5.88 Å². The summed E-state index contributed by atoms with van der Waals surface area (Å²) in [5, 5.41) is 12.6. The van der Waals surface area contributed by atoms with Gasteiger partial charge in [0.05, 0.1) is 33.4 Å². The lowest BCUT2D eigenvalue weighted by Crippen LogP contribution is -2.41. The van der Waals surface area contributed by atoms with Gasteiger partial charge in [0.2, 0.25) is 5.88 Å². The maximum atomic E-state index is 12.9. The zero-order chi connectivity index (χ0) is 24.1. The van der Waals surface area contributed by atoms with Crippen LogP contribution in [-0.2, 0) is 9.53 Å². The van der Waals surface area contributed by atoms with E-state index >= 15 is 0 Å². The predicted molar refractivity (Wildman–Crippen MR) is 138 cm³/mol. The molecule has 0 spiro atoms. The Hall–Kier alpha value is -3.19. The SMILES string of the molecule is CO[C@@H]1C[C@H]2COc3ccn4ncc(c4n3)-c3cc(cc(-n4ncc(I)c4C)c3)NCCN2C1=O. The number of carbonyl (C=O) groups excluding carboxylic acids is 1. The summed E-state index contributed by atoms with van der Waals surface area (Å²) in [4.78, 5) is 19.5. The van der Waals surface area contributed by atoms with Gasteiger partial charge in [-0.3, -0.25) is 4.79 Å². The molecule has 2 atom stereocenters. The van der Waals surface area contributed by atoms with Crippen molar-refractivity contribution >= 4 is 39.8 Å². The molecule has 4 bridgehead atoms. The smallest absolute Gasteiger partial charge is 0.252 e. The molecule has 1 N–H and O–H groups in total. The minimum absolute atomic E-state index is 0.00679. The molecule has 0 radical (unpaired) electrons. The predicted octanol–water partition coefficient (Wildman–Crippen LogP) is 2.92. The Morgan fingerprint density at radius 2 is 2.11 bits per heavy atom. The molecule has 5 heterocycles. The largest absolute Gasteiger partial charge is 0.475 e. The Kier molecular flexibility index (Phi) is 5.60. The molecule has 11 heteroatoms. The molecule has 10 nitrogen and oxygen atoms in total. The van der Waals surface area contributed by atoms with E-state index in [9.17, 15) is 4.79 Å². The molecule has 0 unspecified atom stereocenters. The number of rotatable bonds is 2. The van der Waals surface area contributed by atoms with Crippen LogP contribution < -0.4 is 10.1 Å². The van der Waals surface area contributed by atoms with Crippen molar-refractivity contribution in [2.75, 3.05) is 32.1 Å². The molecule has 4 aromatic rings. The van der Waals surface area contributed by atoms with Crippen LogP contribution in [-0.4, -0.2) is 74.1 Å². The second kappa shape index (κ2) is 8.79. The number of nitrogens with zero attached hydrogens (tertiary/aromatic N) is 6. The van der Waals surface area contributed by atoms with E-state index in [4.69, 9.17) is 14.5 Å². The van der Waals surface area contributed by atoms with Gasteiger partial charge in [0.1, 0.15) is 12.7 Å². The summed E-state index contributed by atoms with van der Waals surface area (Å²) in [5.74, 6) is 0.490. The summed E-state index contributed by atoms with van der Waals surface area (Å²) in [5.41, 5.74) is 5.48. The summed E-state index contributed by atoms with van der Waals surface area (Å²) in [6, 6.07) is 7.94. The van der Waals surface area contributed by atoms with Crippen molar-refractivity contribution in [3.8, 4) is 22.7 Å². The van der Waals surface area contributed by atoms with Gasteiger partial charge in [0.25, 0.3) is 5.91 Å². The molecule has 6 rings (SSSR count). The lowest BCUT2D eigenvalue weighted by molar-refractivity contribution is -0.136. The Labute approximate surface area is 215 Å². The van der Waals surface area contributed by atoms with Crippen LogP contribution in [0, 0.1) is 10.5 Å². The Morgan fingerprint density at radius 3 is 2.91 bits per heavy atom. The molecule has 180 valence electrons. The molecular formula is C24H24IN7O3. The first-order chi connectivity index (χ1) is 17.0. The molecule has 35 heavy (non-hydrogen) atoms. The Balaban J connectivity index is 1.47. The van der Waals surface area contributed by atoms with Crippen LogP contribution >= 0.6 is 22.6 Å². The first-order valence-electron chi connectivity index (χ1n) is 11.4. The summed E-state index contributed by atoms with van der Waals surface area (Å²) in [6.45, 7) is 3.53. The number of fused-ring (bicyclic) bond motifs is 5. The van der Waals surface area contributed by atoms with Crippen LogP contribution in [0.4, 0.5) is 5.69 Å². The summed E-state index contributed by atoms with van der Waals surface area (Å²) in [6.07, 6.45) is 5.66. The van der Waals surface area contributed by atoms with Gasteiger partial charge >= 0.3 is 0 Å². The molecule has 3 aromatic heterocycles. The van der Waals surface area contributed by atoms with Crippen LogP contribution in [0.3, 0.4) is 0 Å². The highest BCUT2D eigenvalue weighted by Crippen LogP contribution is 2.31. The third kappa shape index (κ3) is 3.92. The second-order valence-corrected chi connectivity index (χ2v) is 9.90. The van der Waals surface area contributed by atoms with E-state index < -0.39 is 6.10 Å². The molecule has 2 aliphatic heterocycles. The number of carbonyl (C=O) groups is 1. The van der Waals surface area contributed by atoms with Gasteiger partial charge in [-0.15, -0.1) is 0 Å². The molecule has 0 aliphatic carbocycles. The van der Waals surface area contributed by atoms with Crippen LogP contribution in [0.2, 0.25) is 0 Å². The number of halogens is 1. The third-order valence-corrected chi connectivity index (χ3v) is 7.70. The number of hydrogen-bond acceptors (Lipinski definition) is 7. The molecule has 0 saturated carbocycles. The number of nitrogens with one attached hydrogen (secondary N) is 1. The monoisotopic (exact) mass is 585 g/mol. The minimum atomic E-state index is -0.448. The molecule has 1 aromatic carbocycles. The van der Waals surface area contributed by atoms with Crippen molar-refractivity contribution in [1.29, 1.82) is 0 Å². The van der Waals surface area contributed by atoms with Crippen molar-refractivity contribution < 1.29 is 14.3 Å². The zero-order valence-corrected chi connectivity index (χ0v) is 21.5. The third-order valence-electron chi connectivity index (χ3n) is 6.64. The van der Waals surface area contributed by atoms with Crippen molar-refractivity contribution in [1.82, 2.24) is 29.3 Å². The number of hydrogen-bond donors (Lipinski definition) is 1. The maximum Gasteiger partial charge on any atom is 0.252 e. The van der Waals surface area contributed by atoms with Gasteiger partial charge in [-0.25, -0.2) is 9.20 Å². The Bertz CT molecular complexity index is 1430. The van der Waals surface area contributed by atoms with Gasteiger partial charge in [0.15, 0.2) is 5.65 Å². The molecule has 1 amide bonds. The number of methoxy groups -OCH3 is 1. The van der Waals surface area contributed by atoms with Crippen LogP contribution in [0.1, 0.15) is 12.1 Å². The molecule has 2 aliphatic rings. The highest BCUT2D eigenvalue weighted by atomic mass is 127. The summed E-state index contributed by atoms with van der Waals surface area (Å²) >= 11 is 2.29. The van der Waals surface area contributed by atoms with E-state index in [2.05, 4.69) is 56.3 Å². The van der Waals surface area contributed by atoms with E-state index in [1.807, 2.05) is 35.1 Å². The fourth-order valence-corrected chi connectivity index (χ4v) is 5.12. The average molecular weight is 585 g/mol. The first kappa shape index (κ1) is 22.3. The van der Waals surface area contributed by atoms with Crippen LogP contribution in [0.25, 0.3) is 22.5 Å². The number of aromatic nitrogens is 5. The highest BCUT2D eigenvalue weighted by molar-refractivity contribution is 14.1. The molecule has 1 fully saturated rings. The van der Waals surface area contributed by atoms with E-state index in [0.717, 1.165) is 31.8 Å². The average Bonchev–Trinajstić information content (AvgIpc) is 3.53. The lowest BCUT2D eigenvalue weighted by Gasteiger charge is -2.25. The quantitative estimate of drug-likeness (QED) is 0.362. The van der Waals surface area contributed by atoms with Crippen molar-refractivity contribution in [3.63, 3.8) is 0 Å². The first-order valence-corrected chi connectivity index (χ1v) is 12.5. The number of anilines is 1. The van der Waals surface area contributed by atoms with Gasteiger partial charge in [0, 0.05) is 50.1 Å². The normalized spacial score (nSPS) is 20.0. The lowest BCUT2D eigenvalue weighted by atomic mass is 10.1. The van der Waals surface area contributed by atoms with Crippen LogP contribution in [0.15, 0.2) is 42.9 Å². The second-order valence-electron chi connectivity index (χ2n) is 8.73. The van der Waals surface area contributed by atoms with E-state index in [-0.39, 0.29) is 11.9 Å². The highest BCUT2D eigenvalue weighted by Gasteiger charge is 2.39. The van der Waals surface area contributed by atoms with E-state index in [1.165, 1.54) is 0 Å². The minimum Gasteiger partial charge on any atom is -0.475 e. The fourth-order valence-electron chi connectivity index (χ4n) is 4.77. The molecular weight excluding hydrogens is 561 g/mol. The van der Waals surface area contributed by atoms with Gasteiger partial charge in [-0.2, -0.15) is 15.2 Å². The van der Waals surface area contributed by atoms with E-state index in [0.29, 0.717) is 37.6 Å². The number of ether oxygens (including phenoxy) is 2. The topological polar surface area (TPSA) is 98.8 Å². The number of amides is 1. The Morgan fingerprint density at radius 1 is 1.23 bits per heavy atom. The summed E-state index contributed by atoms with van der Waals surface area (Å²) in [7, 11) is 1.58. The fraction of sp³-hybridized carbons (Fsp3) is 0.333. The standard InChI is InChI=1S/C24H24IN7O3/c1-14-20(25)12-28-32(14)17-8-15-7-16(9-17)26-4-6-30-18(10-21(34-2)24(30)33)13-35-22-3-5-31-23(29-22)19(15)11-27-31/h3,5,7-9,11-12,18,21,26H,4,6,10,13H2,1-2H3/t18-,21+/m0/s1. The number of benzene rings is 1. The van der Waals surface area contributed by atoms with Gasteiger partial charge < -0.3 is 19.7 Å². The molecule has 1 saturated heterocycles.